The average Bonchev–Trinajstić information content (AvgIpc) is 2.45. The number of hydrogen-bond acceptors (Lipinski definition) is 2. The molecular weight excluding hydrogens is 268 g/mol. The Morgan fingerprint density at radius 2 is 1.76 bits per heavy atom. The minimum absolute atomic E-state index is 0.0354. The summed E-state index contributed by atoms with van der Waals surface area (Å²) in [6.45, 7) is 6.50. The molecule has 2 N–H and O–H groups in total. The van der Waals surface area contributed by atoms with Gasteiger partial charge in [-0.1, -0.05) is 31.2 Å². The van der Waals surface area contributed by atoms with Crippen molar-refractivity contribution in [2.75, 3.05) is 6.54 Å². The number of hydrogen-bond donors (Lipinski definition) is 2. The summed E-state index contributed by atoms with van der Waals surface area (Å²) >= 11 is 0. The second-order valence-electron chi connectivity index (χ2n) is 5.26. The standard InChI is InChI=1S/C16H24N2O3/c1-4-13-5-7-14(8-6-13)11-17-16(21)18(12(2)3)10-9-15(19)20/h5-8,12H,4,9-11H2,1-3H3,(H,17,21)(H,19,20). The van der Waals surface area contributed by atoms with E-state index in [9.17, 15) is 9.59 Å². The number of carboxylic acid groups (broad SMARTS) is 1. The summed E-state index contributed by atoms with van der Waals surface area (Å²) in [7, 11) is 0. The normalized spacial score (nSPS) is 10.5. The van der Waals surface area contributed by atoms with Crippen LogP contribution in [0.4, 0.5) is 4.79 Å². The SMILES string of the molecule is CCc1ccc(CNC(=O)N(CCC(=O)O)C(C)C)cc1. The minimum Gasteiger partial charge on any atom is -0.481 e. The van der Waals surface area contributed by atoms with Gasteiger partial charge in [0, 0.05) is 19.1 Å². The maximum atomic E-state index is 12.1. The monoisotopic (exact) mass is 292 g/mol. The topological polar surface area (TPSA) is 69.6 Å². The molecule has 5 heteroatoms. The van der Waals surface area contributed by atoms with E-state index in [2.05, 4.69) is 12.2 Å². The molecular formula is C16H24N2O3. The number of benzene rings is 1. The van der Waals surface area contributed by atoms with Crippen LogP contribution in [0.5, 0.6) is 0 Å². The molecule has 116 valence electrons. The van der Waals surface area contributed by atoms with Crippen LogP contribution in [0.15, 0.2) is 24.3 Å². The Labute approximate surface area is 126 Å². The predicted octanol–water partition coefficient (Wildman–Crippen LogP) is 2.64. The average molecular weight is 292 g/mol. The highest BCUT2D eigenvalue weighted by molar-refractivity contribution is 5.75. The maximum Gasteiger partial charge on any atom is 0.317 e. The summed E-state index contributed by atoms with van der Waals surface area (Å²) in [4.78, 5) is 24.3. The number of urea groups is 1. The van der Waals surface area contributed by atoms with E-state index in [1.807, 2.05) is 38.1 Å². The zero-order valence-corrected chi connectivity index (χ0v) is 12.9. The van der Waals surface area contributed by atoms with Crippen molar-refractivity contribution in [3.8, 4) is 0 Å². The number of amides is 2. The molecule has 0 aliphatic heterocycles. The zero-order valence-electron chi connectivity index (χ0n) is 12.9. The minimum atomic E-state index is -0.899. The fourth-order valence-electron chi connectivity index (χ4n) is 1.98. The van der Waals surface area contributed by atoms with Gasteiger partial charge in [-0.15, -0.1) is 0 Å². The van der Waals surface area contributed by atoms with Crippen molar-refractivity contribution in [1.82, 2.24) is 10.2 Å². The molecule has 0 saturated heterocycles. The van der Waals surface area contributed by atoms with E-state index in [0.29, 0.717) is 6.54 Å². The molecule has 0 fully saturated rings. The number of carbonyl (C=O) groups is 2. The van der Waals surface area contributed by atoms with Crippen molar-refractivity contribution in [3.63, 3.8) is 0 Å². The summed E-state index contributed by atoms with van der Waals surface area (Å²) in [6.07, 6.45) is 0.944. The number of rotatable bonds is 7. The fraction of sp³-hybridized carbons (Fsp3) is 0.500. The van der Waals surface area contributed by atoms with Gasteiger partial charge in [0.05, 0.1) is 6.42 Å². The molecule has 0 spiro atoms. The molecule has 0 saturated carbocycles. The highest BCUT2D eigenvalue weighted by atomic mass is 16.4. The van der Waals surface area contributed by atoms with E-state index < -0.39 is 5.97 Å². The van der Waals surface area contributed by atoms with Crippen LogP contribution in [0.3, 0.4) is 0 Å². The molecule has 0 heterocycles. The van der Waals surface area contributed by atoms with E-state index in [1.165, 1.54) is 10.5 Å². The van der Waals surface area contributed by atoms with Crippen LogP contribution in [-0.4, -0.2) is 34.6 Å². The number of nitrogens with zero attached hydrogens (tertiary/aromatic N) is 1. The molecule has 0 unspecified atom stereocenters. The molecule has 1 aromatic carbocycles. The van der Waals surface area contributed by atoms with Gasteiger partial charge in [0.2, 0.25) is 0 Å². The molecule has 0 aliphatic carbocycles. The summed E-state index contributed by atoms with van der Waals surface area (Å²) in [5.41, 5.74) is 2.29. The quantitative estimate of drug-likeness (QED) is 0.811. The first-order chi connectivity index (χ1) is 9.93. The lowest BCUT2D eigenvalue weighted by atomic mass is 10.1. The molecule has 0 aromatic heterocycles. The van der Waals surface area contributed by atoms with Gasteiger partial charge in [0.1, 0.15) is 0 Å². The Morgan fingerprint density at radius 1 is 1.19 bits per heavy atom. The lowest BCUT2D eigenvalue weighted by Gasteiger charge is -2.26. The summed E-state index contributed by atoms with van der Waals surface area (Å²) in [6, 6.07) is 7.82. The Hall–Kier alpha value is -2.04. The van der Waals surface area contributed by atoms with Crippen LogP contribution >= 0.6 is 0 Å². The van der Waals surface area contributed by atoms with Gasteiger partial charge < -0.3 is 15.3 Å². The number of carbonyl (C=O) groups excluding carboxylic acids is 1. The van der Waals surface area contributed by atoms with Gasteiger partial charge >= 0.3 is 12.0 Å². The molecule has 2 amide bonds. The maximum absolute atomic E-state index is 12.1. The third kappa shape index (κ3) is 5.85. The summed E-state index contributed by atoms with van der Waals surface area (Å²) in [5.74, 6) is -0.899. The van der Waals surface area contributed by atoms with Crippen molar-refractivity contribution >= 4 is 12.0 Å². The number of nitrogens with one attached hydrogen (secondary N) is 1. The van der Waals surface area contributed by atoms with Gasteiger partial charge in [-0.3, -0.25) is 4.79 Å². The Balaban J connectivity index is 2.54. The molecule has 21 heavy (non-hydrogen) atoms. The molecule has 1 aromatic rings. The van der Waals surface area contributed by atoms with Crippen molar-refractivity contribution in [3.05, 3.63) is 35.4 Å². The van der Waals surface area contributed by atoms with E-state index >= 15 is 0 Å². The van der Waals surface area contributed by atoms with Gasteiger partial charge in [-0.25, -0.2) is 4.79 Å². The van der Waals surface area contributed by atoms with Crippen molar-refractivity contribution in [2.45, 2.75) is 46.2 Å². The fourth-order valence-corrected chi connectivity index (χ4v) is 1.98. The third-order valence-electron chi connectivity index (χ3n) is 3.33. The molecule has 0 atom stereocenters. The molecule has 5 nitrogen and oxygen atoms in total. The highest BCUT2D eigenvalue weighted by Gasteiger charge is 2.17. The number of aryl methyl sites for hydroxylation is 1. The molecule has 0 bridgehead atoms. The first-order valence-electron chi connectivity index (χ1n) is 7.28. The van der Waals surface area contributed by atoms with Crippen LogP contribution in [0.25, 0.3) is 0 Å². The van der Waals surface area contributed by atoms with Crippen molar-refractivity contribution in [1.29, 1.82) is 0 Å². The van der Waals surface area contributed by atoms with Crippen LogP contribution < -0.4 is 5.32 Å². The lowest BCUT2D eigenvalue weighted by Crippen LogP contribution is -2.44. The third-order valence-corrected chi connectivity index (χ3v) is 3.33. The highest BCUT2D eigenvalue weighted by Crippen LogP contribution is 2.06. The molecule has 0 aliphatic rings. The second kappa shape index (κ2) is 8.29. The molecule has 0 radical (unpaired) electrons. The largest absolute Gasteiger partial charge is 0.481 e. The van der Waals surface area contributed by atoms with E-state index in [-0.39, 0.29) is 25.0 Å². The van der Waals surface area contributed by atoms with Crippen LogP contribution in [0.1, 0.15) is 38.3 Å². The van der Waals surface area contributed by atoms with Crippen molar-refractivity contribution < 1.29 is 14.7 Å². The second-order valence-corrected chi connectivity index (χ2v) is 5.26. The summed E-state index contributed by atoms with van der Waals surface area (Å²) in [5, 5.41) is 11.6. The number of aliphatic carboxylic acids is 1. The Bertz CT molecular complexity index is 469. The van der Waals surface area contributed by atoms with Gasteiger partial charge in [-0.05, 0) is 31.4 Å². The van der Waals surface area contributed by atoms with Crippen LogP contribution in [0, 0.1) is 0 Å². The van der Waals surface area contributed by atoms with Crippen LogP contribution in [-0.2, 0) is 17.8 Å². The molecule has 1 rings (SSSR count). The number of carboxylic acids is 1. The zero-order chi connectivity index (χ0) is 15.8. The van der Waals surface area contributed by atoms with Crippen LogP contribution in [0.2, 0.25) is 0 Å². The van der Waals surface area contributed by atoms with Gasteiger partial charge in [0.15, 0.2) is 0 Å². The summed E-state index contributed by atoms with van der Waals surface area (Å²) < 4.78 is 0. The van der Waals surface area contributed by atoms with E-state index in [4.69, 9.17) is 5.11 Å². The van der Waals surface area contributed by atoms with E-state index in [1.54, 1.807) is 0 Å². The van der Waals surface area contributed by atoms with Gasteiger partial charge in [-0.2, -0.15) is 0 Å². The first-order valence-corrected chi connectivity index (χ1v) is 7.28. The first kappa shape index (κ1) is 17.0. The lowest BCUT2D eigenvalue weighted by molar-refractivity contribution is -0.137. The predicted molar refractivity (Wildman–Crippen MR) is 82.2 cm³/mol. The van der Waals surface area contributed by atoms with E-state index in [0.717, 1.165) is 12.0 Å². The van der Waals surface area contributed by atoms with Gasteiger partial charge in [0.25, 0.3) is 0 Å². The Morgan fingerprint density at radius 3 is 2.24 bits per heavy atom. The Kier molecular flexibility index (Phi) is 6.72. The van der Waals surface area contributed by atoms with Crippen molar-refractivity contribution in [2.24, 2.45) is 0 Å². The smallest absolute Gasteiger partial charge is 0.317 e.